The molecule has 18 fully saturated rings. The number of hydrogen-bond acceptors (Lipinski definition) is 19. The molecule has 16 saturated carbocycles. The zero-order valence-electron chi connectivity index (χ0n) is 56.1. The minimum atomic E-state index is -3.61. The average molecular weight is 1460 g/mol. The number of methoxy groups -OCH3 is 1. The number of fused-ring (bicyclic) bond motifs is 2. The second-order valence-electron chi connectivity index (χ2n) is 32.5. The van der Waals surface area contributed by atoms with Crippen LogP contribution in [0.1, 0.15) is 176 Å². The summed E-state index contributed by atoms with van der Waals surface area (Å²) in [5, 5.41) is 9.95. The van der Waals surface area contributed by atoms with E-state index >= 15 is 0 Å². The van der Waals surface area contributed by atoms with Crippen LogP contribution < -0.4 is 0 Å². The smallest absolute Gasteiger partial charge is 0.377 e. The Hall–Kier alpha value is -5.01. The molecule has 19 nitrogen and oxygen atoms in total. The number of aliphatic hydroxyl groups is 1. The summed E-state index contributed by atoms with van der Waals surface area (Å²) in [5.41, 5.74) is -1.11. The van der Waals surface area contributed by atoms with E-state index in [-0.39, 0.29) is 83.5 Å². The third-order valence-electron chi connectivity index (χ3n) is 23.6. The number of ketones is 1. The van der Waals surface area contributed by atoms with Crippen molar-refractivity contribution >= 4 is 57.7 Å². The predicted molar refractivity (Wildman–Crippen MR) is 315 cm³/mol. The number of halogens is 12. The standard InChI is InChI=1S/C14H20F2O3.C14H18F2O3.C14H20F2O2.C11H12F2O4.C10H12F2O5S.C4H6F2O2/c1-12(15,16)11(17)19-8-13-3-9-2-10(4-13)6-14(18,5-9)7-13;1-13(15,16)12(18)19-7-14-4-8-2-9(5-14)11(17)10(3-8)6-14;1-13(15,16)12(17)18-8-14-5-9-2-10(6-14)4-11(3-9)7-14;1-11(12,13)10(15)17-7-4-2-5-6(3-4)9(14)16-8(5)7;1-10(11,12)9(13)16-7-4-2-5-6(3-4)18(14,15)17-8(5)7;1-4(5,6)3(7)8-2/h9-10,18H,2-8H2,1H3;8-10H,2-7H2,1H3;9-11H,2-8H2,1H3;4-8H,2-3H2,1H3;4-8H,2-3H2,1H3;1-2H3. The summed E-state index contributed by atoms with van der Waals surface area (Å²) < 4.78 is 212. The Morgan fingerprint density at radius 3 is 1.22 bits per heavy atom. The average Bonchev–Trinajstić information content (AvgIpc) is 1.71. The quantitative estimate of drug-likeness (QED) is 0.0733. The molecule has 2 heterocycles. The van der Waals surface area contributed by atoms with Gasteiger partial charge in [0.25, 0.3) is 10.1 Å². The van der Waals surface area contributed by atoms with Gasteiger partial charge in [-0.05, 0) is 170 Å². The monoisotopic (exact) mass is 1460 g/mol. The Balaban J connectivity index is 0.000000130. The third-order valence-corrected chi connectivity index (χ3v) is 25.4. The van der Waals surface area contributed by atoms with Crippen LogP contribution in [0.4, 0.5) is 52.7 Å². The second-order valence-corrected chi connectivity index (χ2v) is 34.3. The normalized spacial score (nSPS) is 40.2. The van der Waals surface area contributed by atoms with Crippen molar-refractivity contribution in [1.29, 1.82) is 0 Å². The van der Waals surface area contributed by atoms with Crippen molar-refractivity contribution in [1.82, 2.24) is 0 Å². The Morgan fingerprint density at radius 2 is 0.818 bits per heavy atom. The van der Waals surface area contributed by atoms with Gasteiger partial charge in [-0.2, -0.15) is 61.1 Å². The van der Waals surface area contributed by atoms with Gasteiger partial charge in [0.2, 0.25) is 0 Å². The summed E-state index contributed by atoms with van der Waals surface area (Å²) in [6.07, 6.45) is 15.9. The molecule has 18 rings (SSSR count). The maximum Gasteiger partial charge on any atom is 0.377 e. The van der Waals surface area contributed by atoms with E-state index in [0.717, 1.165) is 102 Å². The Kier molecular flexibility index (Phi) is 20.8. The van der Waals surface area contributed by atoms with Gasteiger partial charge in [-0.3, -0.25) is 13.8 Å². The Labute approximate surface area is 565 Å². The fourth-order valence-corrected chi connectivity index (χ4v) is 22.8. The van der Waals surface area contributed by atoms with E-state index in [4.69, 9.17) is 32.6 Å². The molecule has 0 aromatic carbocycles. The first-order chi connectivity index (χ1) is 45.4. The summed E-state index contributed by atoms with van der Waals surface area (Å²) in [5.74, 6) is -26.1. The number of esters is 7. The molecule has 1 N–H and O–H groups in total. The van der Waals surface area contributed by atoms with Crippen LogP contribution in [0.25, 0.3) is 0 Å². The lowest BCUT2D eigenvalue weighted by atomic mass is 9.48. The summed E-state index contributed by atoms with van der Waals surface area (Å²) in [6, 6.07) is 0. The van der Waals surface area contributed by atoms with Gasteiger partial charge in [0.1, 0.15) is 30.2 Å². The zero-order valence-corrected chi connectivity index (χ0v) is 56.9. The number of carbonyl (C=O) groups is 8. The highest BCUT2D eigenvalue weighted by Crippen LogP contribution is 2.64. The van der Waals surface area contributed by atoms with Crippen molar-refractivity contribution in [2.45, 2.75) is 247 Å². The molecule has 14 atom stereocenters. The molecule has 2 saturated heterocycles. The van der Waals surface area contributed by atoms with Crippen LogP contribution in [-0.2, 0) is 85.8 Å². The minimum absolute atomic E-state index is 0.00671. The molecule has 0 spiro atoms. The van der Waals surface area contributed by atoms with Crippen LogP contribution >= 0.6 is 0 Å². The molecular weight excluding hydrogens is 1370 g/mol. The SMILES string of the molecule is CC(F)(F)C(=O)OC1C2CC3C(=O)OC1C3C2.CC(F)(F)C(=O)OC1C2CC3C1OS(=O)(=O)C3C2.CC(F)(F)C(=O)OCC12CC3CC(C1)C(=O)C(C3)C2.CC(F)(F)C(=O)OCC12CC3CC(CC(C3)C1)C2.CC(F)(F)C(=O)OCC12CC3CC(CC(O)(C3)C1)C2.COC(=O)C(C)(F)F. The molecule has 0 aromatic rings. The first-order valence-electron chi connectivity index (χ1n) is 34.1. The van der Waals surface area contributed by atoms with Crippen molar-refractivity contribution in [3.05, 3.63) is 0 Å². The fraction of sp³-hybridized carbons (Fsp3) is 0.881. The molecule has 16 aliphatic carbocycles. The number of ether oxygens (including phenoxy) is 7. The van der Waals surface area contributed by atoms with Gasteiger partial charge in [-0.25, -0.2) is 28.8 Å². The van der Waals surface area contributed by atoms with Crippen LogP contribution in [0.5, 0.6) is 0 Å². The lowest BCUT2D eigenvalue weighted by Crippen LogP contribution is -2.57. The molecular formula is C67H88F12O19S. The van der Waals surface area contributed by atoms with Gasteiger partial charge in [0.15, 0.2) is 0 Å². The molecule has 32 heteroatoms. The summed E-state index contributed by atoms with van der Waals surface area (Å²) in [7, 11) is -2.70. The largest absolute Gasteiger partial charge is 0.465 e. The van der Waals surface area contributed by atoms with E-state index in [1.165, 1.54) is 19.3 Å². The number of carbonyl (C=O) groups excluding carboxylic acids is 8. The Bertz CT molecular complexity index is 3160. The van der Waals surface area contributed by atoms with Crippen LogP contribution in [0.15, 0.2) is 0 Å². The topological polar surface area (TPSA) is 265 Å². The van der Waals surface area contributed by atoms with Crippen molar-refractivity contribution < 1.29 is 142 Å². The van der Waals surface area contributed by atoms with Gasteiger partial charge < -0.3 is 38.3 Å². The summed E-state index contributed by atoms with van der Waals surface area (Å²) in [6.45, 7) is 3.45. The van der Waals surface area contributed by atoms with Gasteiger partial charge in [-0.15, -0.1) is 0 Å². The minimum Gasteiger partial charge on any atom is -0.465 e. The maximum absolute atomic E-state index is 12.8. The van der Waals surface area contributed by atoms with Crippen molar-refractivity contribution in [2.24, 2.45) is 93.2 Å². The van der Waals surface area contributed by atoms with E-state index in [1.807, 2.05) is 0 Å². The molecule has 18 aliphatic rings. The first kappa shape index (κ1) is 76.6. The molecule has 0 amide bonds. The number of alkyl halides is 12. The first-order valence-corrected chi connectivity index (χ1v) is 35.6. The molecule has 2 aliphatic heterocycles. The molecule has 0 radical (unpaired) electrons. The van der Waals surface area contributed by atoms with Gasteiger partial charge >= 0.3 is 77.3 Å². The van der Waals surface area contributed by atoms with Gasteiger partial charge in [0, 0.05) is 93.3 Å². The van der Waals surface area contributed by atoms with Gasteiger partial charge in [0.05, 0.1) is 43.7 Å². The maximum atomic E-state index is 12.8. The molecule has 14 unspecified atom stereocenters. The van der Waals surface area contributed by atoms with E-state index in [1.54, 1.807) is 0 Å². The van der Waals surface area contributed by atoms with Gasteiger partial charge in [-0.1, -0.05) is 0 Å². The third kappa shape index (κ3) is 16.8. The lowest BCUT2D eigenvalue weighted by Gasteiger charge is -2.59. The van der Waals surface area contributed by atoms with E-state index < -0.39 is 117 Å². The van der Waals surface area contributed by atoms with Crippen LogP contribution in [0.2, 0.25) is 0 Å². The number of rotatable bonds is 14. The van der Waals surface area contributed by atoms with E-state index in [0.29, 0.717) is 104 Å². The Morgan fingerprint density at radius 1 is 0.455 bits per heavy atom. The highest BCUT2D eigenvalue weighted by atomic mass is 32.2. The molecule has 99 heavy (non-hydrogen) atoms. The highest BCUT2D eigenvalue weighted by Gasteiger charge is 2.67. The fourth-order valence-electron chi connectivity index (χ4n) is 20.9. The van der Waals surface area contributed by atoms with E-state index in [2.05, 4.69) is 4.74 Å². The number of Topliss-reactive ketones (excluding diaryl/α,β-unsaturated/α-hetero) is 1. The molecule has 560 valence electrons. The van der Waals surface area contributed by atoms with Crippen molar-refractivity contribution in [3.63, 3.8) is 0 Å². The predicted octanol–water partition coefficient (Wildman–Crippen LogP) is 11.1. The molecule has 16 bridgehead atoms. The van der Waals surface area contributed by atoms with Crippen molar-refractivity contribution in [2.75, 3.05) is 26.9 Å². The lowest BCUT2D eigenvalue weighted by molar-refractivity contribution is -0.197. The van der Waals surface area contributed by atoms with E-state index in [9.17, 15) is 105 Å². The zero-order chi connectivity index (χ0) is 73.1. The van der Waals surface area contributed by atoms with Crippen molar-refractivity contribution in [3.8, 4) is 0 Å². The number of hydrogen-bond donors (Lipinski definition) is 1. The summed E-state index contributed by atoms with van der Waals surface area (Å²) >= 11 is 0. The summed E-state index contributed by atoms with van der Waals surface area (Å²) in [4.78, 5) is 89.1. The highest BCUT2D eigenvalue weighted by molar-refractivity contribution is 7.87. The van der Waals surface area contributed by atoms with Crippen LogP contribution in [0.3, 0.4) is 0 Å². The van der Waals surface area contributed by atoms with Crippen LogP contribution in [-0.4, -0.2) is 159 Å². The second kappa shape index (κ2) is 26.9. The molecule has 0 aromatic heterocycles. The van der Waals surface area contributed by atoms with Crippen LogP contribution in [0, 0.1) is 93.2 Å².